The molecule has 0 aromatic carbocycles. The summed E-state index contributed by atoms with van der Waals surface area (Å²) in [5.74, 6) is -2.26. The lowest BCUT2D eigenvalue weighted by atomic mass is 9.74. The smallest absolute Gasteiger partial charge is 0.334 e. The van der Waals surface area contributed by atoms with Crippen molar-refractivity contribution in [1.29, 1.82) is 0 Å². The third-order valence-electron chi connectivity index (χ3n) is 6.49. The first-order valence-electron chi connectivity index (χ1n) is 8.30. The Morgan fingerprint density at radius 1 is 1.44 bits per heavy atom. The molecule has 1 spiro atoms. The normalized spacial score (nSPS) is 56.4. The first kappa shape index (κ1) is 17.3. The van der Waals surface area contributed by atoms with E-state index in [2.05, 4.69) is 6.58 Å². The molecular weight excluding hydrogens is 352 g/mol. The molecule has 0 aromatic heterocycles. The van der Waals surface area contributed by atoms with Crippen molar-refractivity contribution in [2.24, 2.45) is 11.8 Å². The number of aliphatic hydroxyl groups is 2. The van der Waals surface area contributed by atoms with E-state index in [-0.39, 0.29) is 12.0 Å². The fourth-order valence-electron chi connectivity index (χ4n) is 5.19. The summed E-state index contributed by atoms with van der Waals surface area (Å²) in [6.07, 6.45) is -3.28. The average molecular weight is 373 g/mol. The molecule has 2 N–H and O–H groups in total. The molecule has 0 aromatic rings. The molecule has 2 aliphatic heterocycles. The molecule has 0 bridgehead atoms. The third-order valence-corrected chi connectivity index (χ3v) is 6.95. The van der Waals surface area contributed by atoms with Crippen LogP contribution < -0.4 is 0 Å². The number of carbonyl (C=O) groups is 2. The number of esters is 2. The van der Waals surface area contributed by atoms with Gasteiger partial charge in [0.05, 0.1) is 10.8 Å². The Morgan fingerprint density at radius 3 is 2.68 bits per heavy atom. The predicted octanol–water partition coefficient (Wildman–Crippen LogP) is 0.296. The minimum Gasteiger partial charge on any atom is -0.459 e. The van der Waals surface area contributed by atoms with Crippen LogP contribution in [0.1, 0.15) is 27.2 Å². The summed E-state index contributed by atoms with van der Waals surface area (Å²) in [5.41, 5.74) is -2.62. The van der Waals surface area contributed by atoms with Crippen molar-refractivity contribution in [2.75, 3.05) is 0 Å². The molecular formula is C17H21ClO7. The fourth-order valence-corrected chi connectivity index (χ4v) is 5.60. The molecule has 138 valence electrons. The summed E-state index contributed by atoms with van der Waals surface area (Å²) >= 11 is 6.66. The van der Waals surface area contributed by atoms with Gasteiger partial charge in [0.15, 0.2) is 0 Å². The van der Waals surface area contributed by atoms with Crippen molar-refractivity contribution in [1.82, 2.24) is 0 Å². The van der Waals surface area contributed by atoms with Gasteiger partial charge in [-0.05, 0) is 20.3 Å². The maximum absolute atomic E-state index is 12.1. The first-order chi connectivity index (χ1) is 11.5. The number of hydrogen-bond donors (Lipinski definition) is 2. The molecule has 25 heavy (non-hydrogen) atoms. The van der Waals surface area contributed by atoms with Crippen molar-refractivity contribution < 1.29 is 34.0 Å². The fraction of sp³-hybridized carbons (Fsp3) is 0.765. The molecule has 4 fully saturated rings. The summed E-state index contributed by atoms with van der Waals surface area (Å²) in [6.45, 7) is 8.21. The van der Waals surface area contributed by atoms with Crippen LogP contribution in [-0.4, -0.2) is 62.6 Å². The first-order valence-corrected chi connectivity index (χ1v) is 8.68. The monoisotopic (exact) mass is 372 g/mol. The van der Waals surface area contributed by atoms with Crippen LogP contribution in [0.3, 0.4) is 0 Å². The van der Waals surface area contributed by atoms with E-state index in [9.17, 15) is 19.8 Å². The number of halogens is 1. The van der Waals surface area contributed by atoms with Gasteiger partial charge in [0.2, 0.25) is 0 Å². The van der Waals surface area contributed by atoms with Crippen molar-refractivity contribution in [3.8, 4) is 0 Å². The van der Waals surface area contributed by atoms with Crippen LogP contribution >= 0.6 is 11.6 Å². The summed E-state index contributed by atoms with van der Waals surface area (Å²) in [7, 11) is 0. The Hall–Kier alpha value is -1.15. The summed E-state index contributed by atoms with van der Waals surface area (Å²) in [6, 6.07) is 0. The maximum Gasteiger partial charge on any atom is 0.334 e. The summed E-state index contributed by atoms with van der Waals surface area (Å²) in [4.78, 5) is 22.5. The Bertz CT molecular complexity index is 686. The van der Waals surface area contributed by atoms with Gasteiger partial charge in [0, 0.05) is 18.4 Å². The van der Waals surface area contributed by atoms with E-state index in [0.717, 1.165) is 0 Å². The van der Waals surface area contributed by atoms with E-state index in [1.807, 2.05) is 0 Å². The number of hydrogen-bond acceptors (Lipinski definition) is 7. The molecule has 9 unspecified atom stereocenters. The van der Waals surface area contributed by atoms with Crippen LogP contribution in [0.25, 0.3) is 0 Å². The molecule has 9 atom stereocenters. The molecule has 2 heterocycles. The summed E-state index contributed by atoms with van der Waals surface area (Å²) in [5, 5.41) is 21.9. The van der Waals surface area contributed by atoms with Gasteiger partial charge in [-0.3, -0.25) is 4.79 Å². The molecule has 2 saturated carbocycles. The molecule has 4 aliphatic rings. The second-order valence-electron chi connectivity index (χ2n) is 7.89. The van der Waals surface area contributed by atoms with Crippen LogP contribution in [0.2, 0.25) is 0 Å². The van der Waals surface area contributed by atoms with E-state index in [0.29, 0.717) is 0 Å². The average Bonchev–Trinajstić information content (AvgIpc) is 3.14. The minimum atomic E-state index is -1.61. The molecule has 7 nitrogen and oxygen atoms in total. The van der Waals surface area contributed by atoms with Gasteiger partial charge in [-0.15, -0.1) is 11.6 Å². The van der Waals surface area contributed by atoms with Gasteiger partial charge < -0.3 is 24.4 Å². The molecule has 8 heteroatoms. The summed E-state index contributed by atoms with van der Waals surface area (Å²) < 4.78 is 16.7. The lowest BCUT2D eigenvalue weighted by Crippen LogP contribution is -2.58. The predicted molar refractivity (Wildman–Crippen MR) is 84.7 cm³/mol. The molecule has 0 amide bonds. The van der Waals surface area contributed by atoms with Gasteiger partial charge in [-0.25, -0.2) is 4.79 Å². The topological polar surface area (TPSA) is 106 Å². The highest BCUT2D eigenvalue weighted by molar-refractivity contribution is 6.25. The highest BCUT2D eigenvalue weighted by Gasteiger charge is 2.87. The standard InChI is InChI=1S/C17H21ClO7/c1-6-8-5-9(23-7(2)19)16(4,22)17-11(10(8)24-14(6)21)15(3,18)12(20)13(17)25-17/h8-13,20,22H,1,5H2,2-4H3. The highest BCUT2D eigenvalue weighted by Crippen LogP contribution is 2.69. The third kappa shape index (κ3) is 1.87. The number of carbonyl (C=O) groups excluding carboxylic acids is 2. The number of epoxide rings is 1. The van der Waals surface area contributed by atoms with Gasteiger partial charge in [0.1, 0.15) is 35.6 Å². The van der Waals surface area contributed by atoms with Gasteiger partial charge >= 0.3 is 11.9 Å². The Morgan fingerprint density at radius 2 is 2.08 bits per heavy atom. The number of ether oxygens (including phenoxy) is 3. The number of alkyl halides is 1. The molecule has 0 radical (unpaired) electrons. The molecule has 2 aliphatic carbocycles. The van der Waals surface area contributed by atoms with Gasteiger partial charge in [0.25, 0.3) is 0 Å². The number of aliphatic hydroxyl groups excluding tert-OH is 1. The van der Waals surface area contributed by atoms with E-state index in [4.69, 9.17) is 25.8 Å². The second-order valence-corrected chi connectivity index (χ2v) is 8.70. The van der Waals surface area contributed by atoms with Gasteiger partial charge in [-0.1, -0.05) is 6.58 Å². The van der Waals surface area contributed by atoms with Crippen molar-refractivity contribution >= 4 is 23.5 Å². The largest absolute Gasteiger partial charge is 0.459 e. The lowest BCUT2D eigenvalue weighted by Gasteiger charge is -2.41. The lowest BCUT2D eigenvalue weighted by molar-refractivity contribution is -0.175. The Labute approximate surface area is 149 Å². The van der Waals surface area contributed by atoms with Crippen LogP contribution in [-0.2, 0) is 23.8 Å². The Balaban J connectivity index is 1.88. The zero-order chi connectivity index (χ0) is 18.5. The van der Waals surface area contributed by atoms with Crippen molar-refractivity contribution in [2.45, 2.75) is 67.7 Å². The zero-order valence-electron chi connectivity index (χ0n) is 14.2. The van der Waals surface area contributed by atoms with E-state index >= 15 is 0 Å². The Kier molecular flexibility index (Phi) is 3.29. The SMILES string of the molecule is C=C1C(=O)OC2C1CC(OC(C)=O)C(C)(O)C13OC1C(O)C(C)(Cl)C23. The van der Waals surface area contributed by atoms with Crippen LogP contribution in [0, 0.1) is 11.8 Å². The van der Waals surface area contributed by atoms with Crippen LogP contribution in [0.15, 0.2) is 12.2 Å². The number of fused-ring (bicyclic) bond motifs is 2. The minimum absolute atomic E-state index is 0.166. The molecule has 2 saturated heterocycles. The van der Waals surface area contributed by atoms with E-state index in [1.54, 1.807) is 6.92 Å². The highest BCUT2D eigenvalue weighted by atomic mass is 35.5. The van der Waals surface area contributed by atoms with E-state index < -0.39 is 64.3 Å². The second kappa shape index (κ2) is 4.76. The van der Waals surface area contributed by atoms with Crippen molar-refractivity contribution in [3.05, 3.63) is 12.2 Å². The van der Waals surface area contributed by atoms with Crippen LogP contribution in [0.5, 0.6) is 0 Å². The van der Waals surface area contributed by atoms with E-state index in [1.165, 1.54) is 13.8 Å². The maximum atomic E-state index is 12.1. The zero-order valence-corrected chi connectivity index (χ0v) is 14.9. The molecule has 4 rings (SSSR count). The van der Waals surface area contributed by atoms with Gasteiger partial charge in [-0.2, -0.15) is 0 Å². The van der Waals surface area contributed by atoms with Crippen LogP contribution in [0.4, 0.5) is 0 Å². The number of rotatable bonds is 1. The quantitative estimate of drug-likeness (QED) is 0.295. The van der Waals surface area contributed by atoms with Crippen molar-refractivity contribution in [3.63, 3.8) is 0 Å².